The highest BCUT2D eigenvalue weighted by Gasteiger charge is 2.20. The van der Waals surface area contributed by atoms with Gasteiger partial charge in [0.1, 0.15) is 6.33 Å². The highest BCUT2D eigenvalue weighted by Crippen LogP contribution is 2.19. The van der Waals surface area contributed by atoms with Crippen LogP contribution in [-0.2, 0) is 11.3 Å². The Hall–Kier alpha value is -2.21. The first-order chi connectivity index (χ1) is 13.2. The molecule has 0 aliphatic carbocycles. The van der Waals surface area contributed by atoms with E-state index in [1.165, 1.54) is 5.56 Å². The van der Waals surface area contributed by atoms with Crippen LogP contribution in [0.2, 0.25) is 0 Å². The smallest absolute Gasteiger partial charge is 0.100 e. The van der Waals surface area contributed by atoms with E-state index in [9.17, 15) is 0 Å². The van der Waals surface area contributed by atoms with Gasteiger partial charge in [-0.2, -0.15) is 0 Å². The third-order valence-corrected chi connectivity index (χ3v) is 5.20. The van der Waals surface area contributed by atoms with E-state index in [4.69, 9.17) is 4.74 Å². The number of hydrogen-bond donors (Lipinski definition) is 0. The molecule has 1 unspecified atom stereocenters. The van der Waals surface area contributed by atoms with Gasteiger partial charge >= 0.3 is 0 Å². The molecule has 0 N–H and O–H groups in total. The molecule has 1 aliphatic rings. The molecule has 5 heteroatoms. The highest BCUT2D eigenvalue weighted by molar-refractivity contribution is 5.77. The fraction of sp³-hybridized carbons (Fsp3) is 0.409. The van der Waals surface area contributed by atoms with E-state index >= 15 is 0 Å². The maximum Gasteiger partial charge on any atom is 0.100 e. The first-order valence-corrected chi connectivity index (χ1v) is 9.69. The van der Waals surface area contributed by atoms with E-state index in [2.05, 4.69) is 69.8 Å². The van der Waals surface area contributed by atoms with Crippen LogP contribution >= 0.6 is 0 Å². The Bertz CT molecular complexity index is 871. The van der Waals surface area contributed by atoms with Crippen molar-refractivity contribution >= 4 is 11.0 Å². The zero-order valence-electron chi connectivity index (χ0n) is 16.2. The first-order valence-electron chi connectivity index (χ1n) is 9.69. The van der Waals surface area contributed by atoms with Gasteiger partial charge in [-0.3, -0.25) is 9.47 Å². The Labute approximate surface area is 161 Å². The molecule has 2 heterocycles. The van der Waals surface area contributed by atoms with Crippen LogP contribution in [0.5, 0.6) is 0 Å². The summed E-state index contributed by atoms with van der Waals surface area (Å²) in [5.41, 5.74) is 4.66. The van der Waals surface area contributed by atoms with E-state index in [1.54, 1.807) is 0 Å². The zero-order valence-corrected chi connectivity index (χ0v) is 16.2. The average molecular weight is 364 g/mol. The van der Waals surface area contributed by atoms with Gasteiger partial charge in [-0.05, 0) is 50.3 Å². The van der Waals surface area contributed by atoms with E-state index in [0.29, 0.717) is 6.10 Å². The van der Waals surface area contributed by atoms with Crippen molar-refractivity contribution in [3.05, 3.63) is 60.4 Å². The predicted octanol–water partition coefficient (Wildman–Crippen LogP) is 3.18. The van der Waals surface area contributed by atoms with Gasteiger partial charge in [0.25, 0.3) is 0 Å². The van der Waals surface area contributed by atoms with Crippen LogP contribution in [0.1, 0.15) is 12.0 Å². The standard InChI is InChI=1S/C22H28N4O/c1-24(2)12-11-20-16-25(13-14-27-20)15-18-7-9-19(10-8-18)26-17-23-21-5-3-4-6-22(21)26/h3-10,17,20H,11-16H2,1-2H3. The van der Waals surface area contributed by atoms with Crippen LogP contribution in [0, 0.1) is 0 Å². The highest BCUT2D eigenvalue weighted by atomic mass is 16.5. The second kappa shape index (κ2) is 8.21. The fourth-order valence-corrected chi connectivity index (χ4v) is 3.69. The van der Waals surface area contributed by atoms with Gasteiger partial charge in [0, 0.05) is 31.9 Å². The van der Waals surface area contributed by atoms with Gasteiger partial charge in [-0.15, -0.1) is 0 Å². The van der Waals surface area contributed by atoms with Crippen molar-refractivity contribution in [3.8, 4) is 5.69 Å². The fourth-order valence-electron chi connectivity index (χ4n) is 3.69. The summed E-state index contributed by atoms with van der Waals surface area (Å²) in [4.78, 5) is 9.22. The summed E-state index contributed by atoms with van der Waals surface area (Å²) in [6.45, 7) is 4.91. The summed E-state index contributed by atoms with van der Waals surface area (Å²) >= 11 is 0. The Kier molecular flexibility index (Phi) is 5.53. The molecular weight excluding hydrogens is 336 g/mol. The molecule has 0 spiro atoms. The quantitative estimate of drug-likeness (QED) is 0.673. The van der Waals surface area contributed by atoms with Crippen LogP contribution in [0.25, 0.3) is 16.7 Å². The summed E-state index contributed by atoms with van der Waals surface area (Å²) in [5.74, 6) is 0. The second-order valence-electron chi connectivity index (χ2n) is 7.59. The Morgan fingerprint density at radius 1 is 1.11 bits per heavy atom. The average Bonchev–Trinajstić information content (AvgIpc) is 3.11. The number of imidazole rings is 1. The Morgan fingerprint density at radius 2 is 1.93 bits per heavy atom. The maximum atomic E-state index is 5.93. The molecule has 1 aromatic heterocycles. The molecule has 4 rings (SSSR count). The monoisotopic (exact) mass is 364 g/mol. The van der Waals surface area contributed by atoms with Crippen molar-refractivity contribution in [2.24, 2.45) is 0 Å². The number of ether oxygens (including phenoxy) is 1. The lowest BCUT2D eigenvalue weighted by Gasteiger charge is -2.33. The lowest BCUT2D eigenvalue weighted by atomic mass is 10.1. The molecule has 1 saturated heterocycles. The summed E-state index contributed by atoms with van der Waals surface area (Å²) in [6.07, 6.45) is 3.34. The van der Waals surface area contributed by atoms with Crippen LogP contribution in [0.3, 0.4) is 0 Å². The van der Waals surface area contributed by atoms with E-state index in [-0.39, 0.29) is 0 Å². The number of benzene rings is 2. The first kappa shape index (κ1) is 18.2. The third kappa shape index (κ3) is 4.38. The van der Waals surface area contributed by atoms with Gasteiger partial charge in [0.2, 0.25) is 0 Å². The summed E-state index contributed by atoms with van der Waals surface area (Å²) in [6, 6.07) is 17.1. The molecular formula is C22H28N4O. The van der Waals surface area contributed by atoms with Crippen molar-refractivity contribution in [1.82, 2.24) is 19.4 Å². The molecule has 0 amide bonds. The third-order valence-electron chi connectivity index (χ3n) is 5.20. The van der Waals surface area contributed by atoms with Crippen LogP contribution in [-0.4, -0.2) is 65.8 Å². The minimum Gasteiger partial charge on any atom is -0.376 e. The number of rotatable bonds is 6. The topological polar surface area (TPSA) is 33.5 Å². The summed E-state index contributed by atoms with van der Waals surface area (Å²) < 4.78 is 8.07. The molecule has 3 aromatic rings. The molecule has 1 fully saturated rings. The lowest BCUT2D eigenvalue weighted by Crippen LogP contribution is -2.42. The van der Waals surface area contributed by atoms with Gasteiger partial charge < -0.3 is 9.64 Å². The molecule has 27 heavy (non-hydrogen) atoms. The predicted molar refractivity (Wildman–Crippen MR) is 109 cm³/mol. The summed E-state index contributed by atoms with van der Waals surface area (Å²) in [5, 5.41) is 0. The van der Waals surface area contributed by atoms with Crippen LogP contribution < -0.4 is 0 Å². The maximum absolute atomic E-state index is 5.93. The molecule has 0 bridgehead atoms. The minimum absolute atomic E-state index is 0.345. The number of hydrogen-bond acceptors (Lipinski definition) is 4. The zero-order chi connectivity index (χ0) is 18.6. The van der Waals surface area contributed by atoms with E-state index in [1.807, 2.05) is 18.5 Å². The van der Waals surface area contributed by atoms with Crippen LogP contribution in [0.15, 0.2) is 54.9 Å². The van der Waals surface area contributed by atoms with Gasteiger partial charge in [0.05, 0.1) is 23.7 Å². The van der Waals surface area contributed by atoms with Crippen molar-refractivity contribution in [3.63, 3.8) is 0 Å². The lowest BCUT2D eigenvalue weighted by molar-refractivity contribution is -0.0370. The molecule has 2 aromatic carbocycles. The number of aromatic nitrogens is 2. The molecule has 1 aliphatic heterocycles. The van der Waals surface area contributed by atoms with Crippen LogP contribution in [0.4, 0.5) is 0 Å². The minimum atomic E-state index is 0.345. The number of fused-ring (bicyclic) bond motifs is 1. The molecule has 0 saturated carbocycles. The van der Waals surface area contributed by atoms with Gasteiger partial charge in [-0.1, -0.05) is 24.3 Å². The number of morpholine rings is 1. The van der Waals surface area contributed by atoms with E-state index < -0.39 is 0 Å². The Morgan fingerprint density at radius 3 is 2.74 bits per heavy atom. The normalized spacial score (nSPS) is 18.4. The van der Waals surface area contributed by atoms with Crippen molar-refractivity contribution < 1.29 is 4.74 Å². The molecule has 142 valence electrons. The van der Waals surface area contributed by atoms with E-state index in [0.717, 1.165) is 55.9 Å². The summed E-state index contributed by atoms with van der Waals surface area (Å²) in [7, 11) is 4.23. The molecule has 5 nitrogen and oxygen atoms in total. The molecule has 1 atom stereocenters. The SMILES string of the molecule is CN(C)CCC1CN(Cc2ccc(-n3cnc4ccccc43)cc2)CCO1. The van der Waals surface area contributed by atoms with Crippen molar-refractivity contribution in [1.29, 1.82) is 0 Å². The van der Waals surface area contributed by atoms with Crippen molar-refractivity contribution in [2.75, 3.05) is 40.3 Å². The number of nitrogens with zero attached hydrogens (tertiary/aromatic N) is 4. The Balaban J connectivity index is 1.40. The van der Waals surface area contributed by atoms with Gasteiger partial charge in [0.15, 0.2) is 0 Å². The van der Waals surface area contributed by atoms with Crippen molar-refractivity contribution in [2.45, 2.75) is 19.1 Å². The second-order valence-corrected chi connectivity index (χ2v) is 7.59. The van der Waals surface area contributed by atoms with Gasteiger partial charge in [-0.25, -0.2) is 4.98 Å². The number of para-hydroxylation sites is 2. The molecule has 0 radical (unpaired) electrons. The largest absolute Gasteiger partial charge is 0.376 e.